The van der Waals surface area contributed by atoms with Crippen LogP contribution in [0, 0.1) is 17.8 Å². The largest absolute Gasteiger partial charge is 0.271 e. The Morgan fingerprint density at radius 1 is 1.35 bits per heavy atom. The first-order valence-corrected chi connectivity index (χ1v) is 8.03. The molecule has 1 aromatic rings. The van der Waals surface area contributed by atoms with Crippen molar-refractivity contribution in [1.82, 2.24) is 5.43 Å². The van der Waals surface area contributed by atoms with E-state index in [1.807, 2.05) is 19.1 Å². The van der Waals surface area contributed by atoms with Crippen LogP contribution in [0.15, 0.2) is 33.8 Å². The van der Waals surface area contributed by atoms with Crippen LogP contribution in [-0.2, 0) is 0 Å². The fourth-order valence-corrected chi connectivity index (χ4v) is 4.07. The van der Waals surface area contributed by atoms with Crippen LogP contribution in [-0.4, -0.2) is 11.6 Å². The van der Waals surface area contributed by atoms with Gasteiger partial charge in [0.25, 0.3) is 5.91 Å². The minimum absolute atomic E-state index is 0.145. The van der Waals surface area contributed by atoms with Gasteiger partial charge in [-0.1, -0.05) is 28.4 Å². The summed E-state index contributed by atoms with van der Waals surface area (Å²) in [5.74, 6) is 2.13. The molecular weight excluding hydrogens is 316 g/mol. The topological polar surface area (TPSA) is 41.5 Å². The van der Waals surface area contributed by atoms with Gasteiger partial charge in [0, 0.05) is 21.7 Å². The van der Waals surface area contributed by atoms with Crippen molar-refractivity contribution in [3.8, 4) is 0 Å². The van der Waals surface area contributed by atoms with Gasteiger partial charge in [-0.2, -0.15) is 5.10 Å². The second-order valence-corrected chi connectivity index (χ2v) is 6.90. The molecule has 3 nitrogen and oxygen atoms in total. The molecule has 0 aliphatic heterocycles. The van der Waals surface area contributed by atoms with E-state index in [2.05, 4.69) is 26.5 Å². The zero-order valence-corrected chi connectivity index (χ0v) is 13.2. The fourth-order valence-electron chi connectivity index (χ4n) is 3.67. The Balaban J connectivity index is 1.63. The van der Waals surface area contributed by atoms with Crippen molar-refractivity contribution in [3.05, 3.63) is 34.3 Å². The first-order valence-electron chi connectivity index (χ1n) is 7.23. The van der Waals surface area contributed by atoms with E-state index >= 15 is 0 Å². The molecule has 2 fully saturated rings. The van der Waals surface area contributed by atoms with Crippen molar-refractivity contribution in [2.45, 2.75) is 32.6 Å². The quantitative estimate of drug-likeness (QED) is 0.659. The maximum atomic E-state index is 12.0. The summed E-state index contributed by atoms with van der Waals surface area (Å²) in [7, 11) is 0. The molecule has 106 valence electrons. The summed E-state index contributed by atoms with van der Waals surface area (Å²) in [6.45, 7) is 2.05. The molecule has 2 aliphatic carbocycles. The lowest BCUT2D eigenvalue weighted by Crippen LogP contribution is -2.24. The number of carbonyl (C=O) groups is 1. The second-order valence-electron chi connectivity index (χ2n) is 5.99. The number of rotatable bonds is 3. The van der Waals surface area contributed by atoms with Crippen LogP contribution in [0.2, 0.25) is 0 Å². The zero-order valence-electron chi connectivity index (χ0n) is 11.6. The lowest BCUT2D eigenvalue weighted by Gasteiger charge is -2.21. The summed E-state index contributed by atoms with van der Waals surface area (Å²) >= 11 is 3.37. The molecule has 1 N–H and O–H groups in total. The smallest absolute Gasteiger partial charge is 0.267 e. The number of amides is 1. The van der Waals surface area contributed by atoms with Crippen LogP contribution in [0.25, 0.3) is 0 Å². The van der Waals surface area contributed by atoms with E-state index in [-0.39, 0.29) is 5.91 Å². The number of halogens is 1. The van der Waals surface area contributed by atoms with E-state index in [4.69, 9.17) is 0 Å². The molecule has 0 unspecified atom stereocenters. The van der Waals surface area contributed by atoms with E-state index in [0.717, 1.165) is 22.0 Å². The first kappa shape index (κ1) is 13.8. The highest BCUT2D eigenvalue weighted by atomic mass is 79.9. The molecule has 2 aliphatic rings. The van der Waals surface area contributed by atoms with E-state index in [0.29, 0.717) is 11.5 Å². The molecule has 0 heterocycles. The van der Waals surface area contributed by atoms with E-state index < -0.39 is 0 Å². The van der Waals surface area contributed by atoms with Crippen LogP contribution in [0.4, 0.5) is 0 Å². The number of hydrazone groups is 1. The second kappa shape index (κ2) is 5.68. The van der Waals surface area contributed by atoms with E-state index in [9.17, 15) is 4.79 Å². The monoisotopic (exact) mass is 334 g/mol. The minimum atomic E-state index is -0.145. The Morgan fingerprint density at radius 2 is 2.20 bits per heavy atom. The summed E-state index contributed by atoms with van der Waals surface area (Å²) in [5.41, 5.74) is 4.40. The van der Waals surface area contributed by atoms with Crippen LogP contribution in [0.5, 0.6) is 0 Å². The number of benzene rings is 1. The maximum Gasteiger partial charge on any atom is 0.271 e. The van der Waals surface area contributed by atoms with Gasteiger partial charge in [0.1, 0.15) is 0 Å². The number of hydrogen-bond donors (Lipinski definition) is 1. The molecule has 3 atom stereocenters. The van der Waals surface area contributed by atoms with Gasteiger partial charge in [-0.25, -0.2) is 5.43 Å². The highest BCUT2D eigenvalue weighted by Gasteiger charge is 2.40. The Hall–Kier alpha value is -1.16. The molecule has 3 rings (SSSR count). The molecule has 1 amide bonds. The SMILES string of the molecule is C/C(=N/NC(=O)c1cccc(Br)c1)[C@H]1C[C@H]2CC[C@@H]1C2. The Kier molecular flexibility index (Phi) is 3.92. The molecule has 2 saturated carbocycles. The average molecular weight is 335 g/mol. The third-order valence-electron chi connectivity index (χ3n) is 4.70. The number of fused-ring (bicyclic) bond motifs is 2. The van der Waals surface area contributed by atoms with Gasteiger partial charge in [0.15, 0.2) is 0 Å². The van der Waals surface area contributed by atoms with Gasteiger partial charge in [-0.3, -0.25) is 4.79 Å². The van der Waals surface area contributed by atoms with Crippen molar-refractivity contribution in [3.63, 3.8) is 0 Å². The standard InChI is InChI=1S/C16H19BrN2O/c1-10(15-8-11-5-6-12(15)7-11)18-19-16(20)13-3-2-4-14(17)9-13/h2-4,9,11-12,15H,5-8H2,1H3,(H,19,20)/b18-10-/t11-,12+,15+/m0/s1. The third-order valence-corrected chi connectivity index (χ3v) is 5.19. The molecule has 0 radical (unpaired) electrons. The molecule has 0 aromatic heterocycles. The van der Waals surface area contributed by atoms with Gasteiger partial charge in [-0.05, 0) is 56.2 Å². The molecule has 0 saturated heterocycles. The van der Waals surface area contributed by atoms with Gasteiger partial charge >= 0.3 is 0 Å². The molecule has 20 heavy (non-hydrogen) atoms. The summed E-state index contributed by atoms with van der Waals surface area (Å²) in [6.07, 6.45) is 5.34. The lowest BCUT2D eigenvalue weighted by molar-refractivity contribution is 0.0954. The van der Waals surface area contributed by atoms with E-state index in [1.165, 1.54) is 25.7 Å². The minimum Gasteiger partial charge on any atom is -0.267 e. The van der Waals surface area contributed by atoms with E-state index in [1.54, 1.807) is 12.1 Å². The third kappa shape index (κ3) is 2.80. The van der Waals surface area contributed by atoms with Crippen molar-refractivity contribution in [1.29, 1.82) is 0 Å². The summed E-state index contributed by atoms with van der Waals surface area (Å²) in [5, 5.41) is 4.33. The lowest BCUT2D eigenvalue weighted by atomic mass is 9.86. The highest BCUT2D eigenvalue weighted by molar-refractivity contribution is 9.10. The normalized spacial score (nSPS) is 28.7. The molecular formula is C16H19BrN2O. The highest BCUT2D eigenvalue weighted by Crippen LogP contribution is 2.48. The number of hydrogen-bond acceptors (Lipinski definition) is 2. The summed E-state index contributed by atoms with van der Waals surface area (Å²) in [4.78, 5) is 12.0. The average Bonchev–Trinajstić information content (AvgIpc) is 3.07. The van der Waals surface area contributed by atoms with Gasteiger partial charge in [0.05, 0.1) is 0 Å². The van der Waals surface area contributed by atoms with Gasteiger partial charge < -0.3 is 0 Å². The number of nitrogens with zero attached hydrogens (tertiary/aromatic N) is 1. The summed E-state index contributed by atoms with van der Waals surface area (Å²) in [6, 6.07) is 7.35. The Morgan fingerprint density at radius 3 is 2.85 bits per heavy atom. The molecule has 1 aromatic carbocycles. The molecule has 4 heteroatoms. The fraction of sp³-hybridized carbons (Fsp3) is 0.500. The van der Waals surface area contributed by atoms with Crippen LogP contribution >= 0.6 is 15.9 Å². The van der Waals surface area contributed by atoms with Crippen LogP contribution in [0.1, 0.15) is 43.0 Å². The molecule has 0 spiro atoms. The van der Waals surface area contributed by atoms with Crippen molar-refractivity contribution < 1.29 is 4.79 Å². The van der Waals surface area contributed by atoms with Crippen molar-refractivity contribution in [2.24, 2.45) is 22.9 Å². The van der Waals surface area contributed by atoms with Crippen LogP contribution in [0.3, 0.4) is 0 Å². The predicted octanol–water partition coefficient (Wildman–Crippen LogP) is 3.99. The van der Waals surface area contributed by atoms with Crippen molar-refractivity contribution in [2.75, 3.05) is 0 Å². The van der Waals surface area contributed by atoms with Gasteiger partial charge in [-0.15, -0.1) is 0 Å². The Labute approximate surface area is 128 Å². The predicted molar refractivity (Wildman–Crippen MR) is 83.7 cm³/mol. The number of carbonyl (C=O) groups excluding carboxylic acids is 1. The first-order chi connectivity index (χ1) is 9.63. The zero-order chi connectivity index (χ0) is 14.1. The van der Waals surface area contributed by atoms with Gasteiger partial charge in [0.2, 0.25) is 0 Å². The van der Waals surface area contributed by atoms with Crippen molar-refractivity contribution >= 4 is 27.5 Å². The number of nitrogens with one attached hydrogen (secondary N) is 1. The summed E-state index contributed by atoms with van der Waals surface area (Å²) < 4.78 is 0.902. The maximum absolute atomic E-state index is 12.0. The molecule has 2 bridgehead atoms. The van der Waals surface area contributed by atoms with Crippen LogP contribution < -0.4 is 5.43 Å². The Bertz CT molecular complexity index is 555.